The van der Waals surface area contributed by atoms with E-state index in [-0.39, 0.29) is 5.82 Å². The summed E-state index contributed by atoms with van der Waals surface area (Å²) in [4.78, 5) is 12.2. The Morgan fingerprint density at radius 1 is 1.06 bits per heavy atom. The van der Waals surface area contributed by atoms with Gasteiger partial charge in [0.05, 0.1) is 18.5 Å². The van der Waals surface area contributed by atoms with Gasteiger partial charge in [-0.2, -0.15) is 10.2 Å². The highest BCUT2D eigenvalue weighted by molar-refractivity contribution is 5.94. The van der Waals surface area contributed by atoms with Crippen molar-refractivity contribution in [2.75, 3.05) is 6.61 Å². The molecule has 0 unspecified atom stereocenters. The van der Waals surface area contributed by atoms with Crippen LogP contribution in [0, 0.1) is 5.82 Å². The van der Waals surface area contributed by atoms with Crippen LogP contribution in [0.15, 0.2) is 59.7 Å². The first-order valence-corrected chi connectivity index (χ1v) is 11.0. The predicted octanol–water partition coefficient (Wildman–Crippen LogP) is 5.72. The maximum atomic E-state index is 12.9. The number of aromatic nitrogens is 2. The van der Waals surface area contributed by atoms with E-state index in [1.54, 1.807) is 18.2 Å². The van der Waals surface area contributed by atoms with Gasteiger partial charge in [0.25, 0.3) is 5.91 Å². The molecule has 0 fully saturated rings. The van der Waals surface area contributed by atoms with Gasteiger partial charge < -0.3 is 4.74 Å². The minimum atomic E-state index is -0.416. The Labute approximate surface area is 187 Å². The Hall–Kier alpha value is -3.48. The van der Waals surface area contributed by atoms with Crippen LogP contribution in [0.5, 0.6) is 5.75 Å². The van der Waals surface area contributed by atoms with Crippen LogP contribution in [0.4, 0.5) is 4.39 Å². The van der Waals surface area contributed by atoms with E-state index in [0.29, 0.717) is 17.0 Å². The van der Waals surface area contributed by atoms with Crippen molar-refractivity contribution in [2.24, 2.45) is 5.10 Å². The van der Waals surface area contributed by atoms with Gasteiger partial charge in [-0.25, -0.2) is 9.82 Å². The second-order valence-electron chi connectivity index (χ2n) is 7.56. The number of nitrogens with one attached hydrogen (secondary N) is 2. The fourth-order valence-electron chi connectivity index (χ4n) is 3.15. The average Bonchev–Trinajstić information content (AvgIpc) is 3.31. The highest BCUT2D eigenvalue weighted by Gasteiger charge is 2.10. The summed E-state index contributed by atoms with van der Waals surface area (Å²) >= 11 is 0. The summed E-state index contributed by atoms with van der Waals surface area (Å²) in [6.45, 7) is 2.94. The second-order valence-corrected chi connectivity index (χ2v) is 7.56. The molecule has 3 rings (SSSR count). The average molecular weight is 437 g/mol. The summed E-state index contributed by atoms with van der Waals surface area (Å²) in [5, 5.41) is 10.8. The van der Waals surface area contributed by atoms with E-state index in [1.807, 2.05) is 24.3 Å². The Morgan fingerprint density at radius 2 is 1.78 bits per heavy atom. The minimum absolute atomic E-state index is 0.291. The van der Waals surface area contributed by atoms with Gasteiger partial charge in [-0.05, 0) is 54.4 Å². The largest absolute Gasteiger partial charge is 0.494 e. The van der Waals surface area contributed by atoms with Crippen molar-refractivity contribution in [3.8, 4) is 17.0 Å². The molecule has 1 heterocycles. The Morgan fingerprint density at radius 3 is 2.53 bits per heavy atom. The number of hydrogen-bond acceptors (Lipinski definition) is 4. The molecule has 0 atom stereocenters. The van der Waals surface area contributed by atoms with Crippen molar-refractivity contribution in [1.82, 2.24) is 15.6 Å². The molecule has 168 valence electrons. The molecule has 7 heteroatoms. The van der Waals surface area contributed by atoms with Crippen LogP contribution in [-0.4, -0.2) is 28.9 Å². The molecule has 0 aliphatic carbocycles. The van der Waals surface area contributed by atoms with Crippen molar-refractivity contribution in [3.05, 3.63) is 71.7 Å². The lowest BCUT2D eigenvalue weighted by molar-refractivity contribution is 0.0950. The zero-order valence-electron chi connectivity index (χ0n) is 18.3. The SMILES string of the molecule is CCCCCCCCOc1ccc(-c2cc(C(=O)N/N=C/c3ccc(F)cc3)[nH]n2)cc1. The standard InChI is InChI=1S/C25H29FN4O2/c1-2-3-4-5-6-7-16-32-22-14-10-20(11-15-22)23-17-24(29-28-23)25(31)30-27-18-19-8-12-21(26)13-9-19/h8-15,17-18H,2-7,16H2,1H3,(H,28,29)(H,30,31)/b27-18+. The minimum Gasteiger partial charge on any atom is -0.494 e. The molecule has 0 spiro atoms. The monoisotopic (exact) mass is 436 g/mol. The number of benzene rings is 2. The van der Waals surface area contributed by atoms with Crippen molar-refractivity contribution >= 4 is 12.1 Å². The number of nitrogens with zero attached hydrogens (tertiary/aromatic N) is 2. The number of amides is 1. The molecular weight excluding hydrogens is 407 g/mol. The van der Waals surface area contributed by atoms with Crippen LogP contribution in [0.25, 0.3) is 11.3 Å². The number of hydrogen-bond donors (Lipinski definition) is 2. The first-order valence-electron chi connectivity index (χ1n) is 11.0. The zero-order valence-corrected chi connectivity index (χ0v) is 18.3. The lowest BCUT2D eigenvalue weighted by Gasteiger charge is -2.06. The summed E-state index contributed by atoms with van der Waals surface area (Å²) < 4.78 is 18.7. The lowest BCUT2D eigenvalue weighted by atomic mass is 10.1. The number of rotatable bonds is 12. The molecule has 0 aliphatic heterocycles. The fraction of sp³-hybridized carbons (Fsp3) is 0.320. The van der Waals surface area contributed by atoms with Gasteiger partial charge in [0.2, 0.25) is 0 Å². The maximum absolute atomic E-state index is 12.9. The van der Waals surface area contributed by atoms with Gasteiger partial charge in [0, 0.05) is 5.56 Å². The summed E-state index contributed by atoms with van der Waals surface area (Å²) in [5.74, 6) is 0.0838. The molecule has 1 amide bonds. The molecule has 0 saturated heterocycles. The normalized spacial score (nSPS) is 11.1. The van der Waals surface area contributed by atoms with E-state index in [9.17, 15) is 9.18 Å². The first kappa shape index (κ1) is 23.2. The van der Waals surface area contributed by atoms with Gasteiger partial charge in [-0.15, -0.1) is 0 Å². The highest BCUT2D eigenvalue weighted by atomic mass is 19.1. The van der Waals surface area contributed by atoms with Crippen LogP contribution in [0.3, 0.4) is 0 Å². The van der Waals surface area contributed by atoms with Crippen LogP contribution >= 0.6 is 0 Å². The van der Waals surface area contributed by atoms with E-state index < -0.39 is 5.91 Å². The van der Waals surface area contributed by atoms with E-state index >= 15 is 0 Å². The van der Waals surface area contributed by atoms with Gasteiger partial charge in [0.1, 0.15) is 17.3 Å². The fourth-order valence-corrected chi connectivity index (χ4v) is 3.15. The second kappa shape index (κ2) is 12.4. The van der Waals surface area contributed by atoms with E-state index in [0.717, 1.165) is 24.3 Å². The van der Waals surface area contributed by atoms with Gasteiger partial charge in [-0.1, -0.05) is 51.2 Å². The topological polar surface area (TPSA) is 79.4 Å². The molecule has 0 bridgehead atoms. The summed E-state index contributed by atoms with van der Waals surface area (Å²) in [5.41, 5.74) is 4.92. The van der Waals surface area contributed by atoms with E-state index in [2.05, 4.69) is 27.6 Å². The molecule has 6 nitrogen and oxygen atoms in total. The van der Waals surface area contributed by atoms with Crippen molar-refractivity contribution in [3.63, 3.8) is 0 Å². The van der Waals surface area contributed by atoms with Gasteiger partial charge >= 0.3 is 0 Å². The number of hydrazone groups is 1. The predicted molar refractivity (Wildman–Crippen MR) is 124 cm³/mol. The number of ether oxygens (including phenoxy) is 1. The van der Waals surface area contributed by atoms with Crippen LogP contribution < -0.4 is 10.2 Å². The Kier molecular flexibility index (Phi) is 8.98. The third kappa shape index (κ3) is 7.34. The number of H-pyrrole nitrogens is 1. The summed E-state index contributed by atoms with van der Waals surface area (Å²) in [7, 11) is 0. The molecular formula is C25H29FN4O2. The maximum Gasteiger partial charge on any atom is 0.289 e. The number of carbonyl (C=O) groups excluding carboxylic acids is 1. The molecule has 0 radical (unpaired) electrons. The number of halogens is 1. The van der Waals surface area contributed by atoms with Crippen LogP contribution in [0.2, 0.25) is 0 Å². The summed E-state index contributed by atoms with van der Waals surface area (Å²) in [6.07, 6.45) is 8.84. The smallest absolute Gasteiger partial charge is 0.289 e. The number of unbranched alkanes of at least 4 members (excludes halogenated alkanes) is 5. The van der Waals surface area contributed by atoms with Crippen molar-refractivity contribution < 1.29 is 13.9 Å². The first-order chi connectivity index (χ1) is 15.7. The van der Waals surface area contributed by atoms with Crippen molar-refractivity contribution in [1.29, 1.82) is 0 Å². The third-order valence-corrected chi connectivity index (χ3v) is 4.99. The lowest BCUT2D eigenvalue weighted by Crippen LogP contribution is -2.17. The van der Waals surface area contributed by atoms with Crippen LogP contribution in [0.1, 0.15) is 61.5 Å². The van der Waals surface area contributed by atoms with Crippen LogP contribution in [-0.2, 0) is 0 Å². The zero-order chi connectivity index (χ0) is 22.6. The van der Waals surface area contributed by atoms with Crippen molar-refractivity contribution in [2.45, 2.75) is 45.4 Å². The molecule has 1 aromatic heterocycles. The molecule has 2 N–H and O–H groups in total. The Bertz CT molecular complexity index is 998. The number of carbonyl (C=O) groups is 1. The molecule has 0 aliphatic rings. The third-order valence-electron chi connectivity index (χ3n) is 4.99. The molecule has 32 heavy (non-hydrogen) atoms. The summed E-state index contributed by atoms with van der Waals surface area (Å²) in [6, 6.07) is 15.1. The van der Waals surface area contributed by atoms with Gasteiger partial charge in [-0.3, -0.25) is 9.89 Å². The quantitative estimate of drug-likeness (QED) is 0.216. The molecule has 0 saturated carbocycles. The molecule has 2 aromatic carbocycles. The molecule has 3 aromatic rings. The Balaban J connectivity index is 1.46. The number of aromatic amines is 1. The van der Waals surface area contributed by atoms with E-state index in [1.165, 1.54) is 50.5 Å². The van der Waals surface area contributed by atoms with Gasteiger partial charge in [0.15, 0.2) is 0 Å². The van der Waals surface area contributed by atoms with E-state index in [4.69, 9.17) is 4.74 Å². The highest BCUT2D eigenvalue weighted by Crippen LogP contribution is 2.21.